The Morgan fingerprint density at radius 3 is 2.67 bits per heavy atom. The molecule has 2 rings (SSSR count). The first-order chi connectivity index (χ1) is 10.2. The molecule has 0 aliphatic carbocycles. The van der Waals surface area contributed by atoms with Gasteiger partial charge >= 0.3 is 0 Å². The van der Waals surface area contributed by atoms with Crippen LogP contribution in [0, 0.1) is 0 Å². The zero-order chi connectivity index (χ0) is 15.1. The molecule has 0 saturated heterocycles. The van der Waals surface area contributed by atoms with Crippen molar-refractivity contribution in [2.75, 3.05) is 12.9 Å². The Bertz CT molecular complexity index is 590. The zero-order valence-electron chi connectivity index (χ0n) is 11.8. The van der Waals surface area contributed by atoms with E-state index >= 15 is 0 Å². The highest BCUT2D eigenvalue weighted by atomic mass is 32.2. The number of nitrogens with one attached hydrogen (secondary N) is 1. The number of thioether (sulfide) groups is 1. The minimum atomic E-state index is -0.285. The molecular formula is C16H18N2O2S. The van der Waals surface area contributed by atoms with Gasteiger partial charge in [0.2, 0.25) is 5.91 Å². The van der Waals surface area contributed by atoms with Gasteiger partial charge in [-0.1, -0.05) is 36.4 Å². The lowest BCUT2D eigenvalue weighted by atomic mass is 10.0. The van der Waals surface area contributed by atoms with Crippen LogP contribution in [0.15, 0.2) is 59.5 Å². The van der Waals surface area contributed by atoms with Crippen molar-refractivity contribution in [3.8, 4) is 5.75 Å². The van der Waals surface area contributed by atoms with Gasteiger partial charge in [0.1, 0.15) is 5.75 Å². The molecule has 1 amide bonds. The maximum atomic E-state index is 12.0. The first-order valence-electron chi connectivity index (χ1n) is 6.57. The molecule has 0 aliphatic heterocycles. The number of hydrazine groups is 1. The largest absolute Gasteiger partial charge is 0.497 e. The van der Waals surface area contributed by atoms with E-state index in [1.165, 1.54) is 0 Å². The van der Waals surface area contributed by atoms with Gasteiger partial charge in [-0.3, -0.25) is 10.2 Å². The van der Waals surface area contributed by atoms with Gasteiger partial charge in [0, 0.05) is 10.6 Å². The molecule has 2 aromatic carbocycles. The first kappa shape index (κ1) is 15.4. The van der Waals surface area contributed by atoms with Crippen molar-refractivity contribution in [1.82, 2.24) is 5.43 Å². The molecule has 5 heteroatoms. The summed E-state index contributed by atoms with van der Waals surface area (Å²) in [4.78, 5) is 13.0. The van der Waals surface area contributed by atoms with E-state index in [0.717, 1.165) is 16.2 Å². The van der Waals surface area contributed by atoms with Crippen molar-refractivity contribution in [3.05, 3.63) is 60.2 Å². The summed E-state index contributed by atoms with van der Waals surface area (Å²) in [5, 5.41) is 0. The van der Waals surface area contributed by atoms with E-state index in [4.69, 9.17) is 10.6 Å². The number of ether oxygens (including phenoxy) is 1. The van der Waals surface area contributed by atoms with Crippen LogP contribution < -0.4 is 16.0 Å². The molecule has 0 aliphatic rings. The maximum absolute atomic E-state index is 12.0. The van der Waals surface area contributed by atoms with Crippen molar-refractivity contribution in [3.63, 3.8) is 0 Å². The van der Waals surface area contributed by atoms with Gasteiger partial charge in [-0.15, -0.1) is 11.8 Å². The lowest BCUT2D eigenvalue weighted by Gasteiger charge is -2.15. The fourth-order valence-electron chi connectivity index (χ4n) is 1.98. The van der Waals surface area contributed by atoms with Gasteiger partial charge in [0.25, 0.3) is 0 Å². The number of rotatable bonds is 6. The predicted octanol–water partition coefficient (Wildman–Crippen LogP) is 2.56. The Morgan fingerprint density at radius 1 is 1.24 bits per heavy atom. The average molecular weight is 302 g/mol. The number of methoxy groups -OCH3 is 1. The molecule has 1 atom stereocenters. The number of carbonyl (C=O) groups excluding carboxylic acids is 1. The average Bonchev–Trinajstić information content (AvgIpc) is 2.56. The molecule has 0 aromatic heterocycles. The highest BCUT2D eigenvalue weighted by molar-refractivity contribution is 7.99. The maximum Gasteiger partial charge on any atom is 0.242 e. The summed E-state index contributed by atoms with van der Waals surface area (Å²) < 4.78 is 5.20. The van der Waals surface area contributed by atoms with Crippen LogP contribution in [0.5, 0.6) is 5.75 Å². The number of hydrogen-bond acceptors (Lipinski definition) is 4. The molecule has 2 aromatic rings. The summed E-state index contributed by atoms with van der Waals surface area (Å²) in [5.41, 5.74) is 3.20. The Balaban J connectivity index is 2.11. The van der Waals surface area contributed by atoms with Crippen LogP contribution in [0.25, 0.3) is 0 Å². The van der Waals surface area contributed by atoms with Gasteiger partial charge in [-0.2, -0.15) is 0 Å². The minimum Gasteiger partial charge on any atom is -0.497 e. The molecule has 110 valence electrons. The van der Waals surface area contributed by atoms with Crippen LogP contribution in [-0.2, 0) is 4.79 Å². The van der Waals surface area contributed by atoms with Gasteiger partial charge < -0.3 is 4.74 Å². The predicted molar refractivity (Wildman–Crippen MR) is 85.2 cm³/mol. The van der Waals surface area contributed by atoms with Crippen molar-refractivity contribution in [2.45, 2.75) is 10.8 Å². The number of carbonyl (C=O) groups is 1. The molecule has 0 saturated carbocycles. The zero-order valence-corrected chi connectivity index (χ0v) is 12.6. The lowest BCUT2D eigenvalue weighted by Crippen LogP contribution is -2.35. The normalized spacial score (nSPS) is 11.7. The van der Waals surface area contributed by atoms with Gasteiger partial charge in [-0.05, 0) is 23.8 Å². The molecule has 1 unspecified atom stereocenters. The van der Waals surface area contributed by atoms with Gasteiger partial charge in [-0.25, -0.2) is 5.84 Å². The van der Waals surface area contributed by atoms with Crippen LogP contribution in [-0.4, -0.2) is 18.8 Å². The van der Waals surface area contributed by atoms with E-state index in [2.05, 4.69) is 5.43 Å². The van der Waals surface area contributed by atoms with Crippen molar-refractivity contribution < 1.29 is 9.53 Å². The lowest BCUT2D eigenvalue weighted by molar-refractivity contribution is -0.122. The Labute approximate surface area is 128 Å². The first-order valence-corrected chi connectivity index (χ1v) is 7.55. The van der Waals surface area contributed by atoms with E-state index in [1.54, 1.807) is 18.9 Å². The third kappa shape index (κ3) is 4.24. The summed E-state index contributed by atoms with van der Waals surface area (Å²) in [5.74, 6) is 6.24. The van der Waals surface area contributed by atoms with Crippen LogP contribution in [0.3, 0.4) is 0 Å². The molecular weight excluding hydrogens is 284 g/mol. The van der Waals surface area contributed by atoms with E-state index in [9.17, 15) is 4.79 Å². The van der Waals surface area contributed by atoms with Crippen molar-refractivity contribution in [1.29, 1.82) is 0 Å². The molecule has 0 bridgehead atoms. The van der Waals surface area contributed by atoms with E-state index in [1.807, 2.05) is 54.6 Å². The Morgan fingerprint density at radius 2 is 2.00 bits per heavy atom. The highest BCUT2D eigenvalue weighted by Crippen LogP contribution is 2.28. The SMILES string of the molecule is COc1cccc(SCC(C(=O)NN)c2ccccc2)c1. The molecule has 4 nitrogen and oxygen atoms in total. The van der Waals surface area contributed by atoms with Gasteiger partial charge in [0.15, 0.2) is 0 Å². The topological polar surface area (TPSA) is 64.3 Å². The number of amides is 1. The fraction of sp³-hybridized carbons (Fsp3) is 0.188. The molecule has 0 heterocycles. The molecule has 0 radical (unpaired) electrons. The standard InChI is InChI=1S/C16H18N2O2S/c1-20-13-8-5-9-14(10-13)21-11-15(16(19)18-17)12-6-3-2-4-7-12/h2-10,15H,11,17H2,1H3,(H,18,19). The van der Waals surface area contributed by atoms with E-state index in [0.29, 0.717) is 5.75 Å². The minimum absolute atomic E-state index is 0.184. The summed E-state index contributed by atoms with van der Waals surface area (Å²) in [6.45, 7) is 0. The molecule has 0 fully saturated rings. The quantitative estimate of drug-likeness (QED) is 0.372. The summed E-state index contributed by atoms with van der Waals surface area (Å²) in [7, 11) is 1.64. The van der Waals surface area contributed by atoms with Crippen molar-refractivity contribution >= 4 is 17.7 Å². The fourth-order valence-corrected chi connectivity index (χ4v) is 3.06. The second-order valence-corrected chi connectivity index (χ2v) is 5.56. The van der Waals surface area contributed by atoms with Gasteiger partial charge in [0.05, 0.1) is 13.0 Å². The second-order valence-electron chi connectivity index (χ2n) is 4.46. The molecule has 3 N–H and O–H groups in total. The smallest absolute Gasteiger partial charge is 0.242 e. The van der Waals surface area contributed by atoms with E-state index in [-0.39, 0.29) is 11.8 Å². The second kappa shape index (κ2) is 7.71. The van der Waals surface area contributed by atoms with E-state index < -0.39 is 0 Å². The monoisotopic (exact) mass is 302 g/mol. The Kier molecular flexibility index (Phi) is 5.66. The van der Waals surface area contributed by atoms with Crippen LogP contribution in [0.4, 0.5) is 0 Å². The van der Waals surface area contributed by atoms with Crippen LogP contribution in [0.1, 0.15) is 11.5 Å². The molecule has 0 spiro atoms. The third-order valence-electron chi connectivity index (χ3n) is 3.12. The van der Waals surface area contributed by atoms with Crippen molar-refractivity contribution in [2.24, 2.45) is 5.84 Å². The third-order valence-corrected chi connectivity index (χ3v) is 4.21. The summed E-state index contributed by atoms with van der Waals surface area (Å²) >= 11 is 1.60. The summed E-state index contributed by atoms with van der Waals surface area (Å²) in [6, 6.07) is 17.4. The number of nitrogens with two attached hydrogens (primary N) is 1. The van der Waals surface area contributed by atoms with Crippen LogP contribution >= 0.6 is 11.8 Å². The molecule has 21 heavy (non-hydrogen) atoms. The number of benzene rings is 2. The highest BCUT2D eigenvalue weighted by Gasteiger charge is 2.19. The Hall–Kier alpha value is -1.98. The summed E-state index contributed by atoms with van der Waals surface area (Å²) in [6.07, 6.45) is 0. The van der Waals surface area contributed by atoms with Crippen LogP contribution in [0.2, 0.25) is 0 Å². The number of hydrogen-bond donors (Lipinski definition) is 2.